The molecule has 1 amide bonds. The van der Waals surface area contributed by atoms with Crippen LogP contribution in [0, 0.1) is 5.92 Å². The van der Waals surface area contributed by atoms with Gasteiger partial charge in [0.05, 0.1) is 0 Å². The van der Waals surface area contributed by atoms with Crippen molar-refractivity contribution in [2.75, 3.05) is 7.05 Å². The molecular weight excluding hydrogens is 236 g/mol. The Hall–Kier alpha value is -1.35. The fraction of sp³-hybridized carbons (Fsp3) is 0.562. The van der Waals surface area contributed by atoms with E-state index < -0.39 is 6.04 Å². The molecule has 0 bridgehead atoms. The van der Waals surface area contributed by atoms with E-state index in [0.29, 0.717) is 6.04 Å². The van der Waals surface area contributed by atoms with Crippen molar-refractivity contribution in [3.63, 3.8) is 0 Å². The number of nitrogens with zero attached hydrogens (tertiary/aromatic N) is 1. The van der Waals surface area contributed by atoms with Gasteiger partial charge in [-0.3, -0.25) is 4.79 Å². The van der Waals surface area contributed by atoms with E-state index in [0.717, 1.165) is 24.3 Å². The van der Waals surface area contributed by atoms with Crippen LogP contribution in [0.2, 0.25) is 0 Å². The van der Waals surface area contributed by atoms with Crippen molar-refractivity contribution in [1.82, 2.24) is 4.90 Å². The summed E-state index contributed by atoms with van der Waals surface area (Å²) in [4.78, 5) is 14.3. The Morgan fingerprint density at radius 1 is 1.21 bits per heavy atom. The lowest BCUT2D eigenvalue weighted by molar-refractivity contribution is -0.134. The van der Waals surface area contributed by atoms with Crippen LogP contribution in [0.15, 0.2) is 30.3 Å². The number of carbonyl (C=O) groups excluding carboxylic acids is 1. The van der Waals surface area contributed by atoms with Crippen LogP contribution in [0.3, 0.4) is 0 Å². The Morgan fingerprint density at radius 2 is 1.79 bits per heavy atom. The predicted molar refractivity (Wildman–Crippen MR) is 77.6 cm³/mol. The van der Waals surface area contributed by atoms with Crippen LogP contribution in [0.1, 0.15) is 44.2 Å². The number of carbonyl (C=O) groups is 1. The molecule has 3 heteroatoms. The summed E-state index contributed by atoms with van der Waals surface area (Å²) < 4.78 is 0. The number of nitrogens with two attached hydrogens (primary N) is 1. The van der Waals surface area contributed by atoms with Gasteiger partial charge in [-0.15, -0.1) is 0 Å². The summed E-state index contributed by atoms with van der Waals surface area (Å²) in [7, 11) is 1.89. The summed E-state index contributed by atoms with van der Waals surface area (Å²) in [6.45, 7) is 2.29. The third-order valence-electron chi connectivity index (χ3n) is 4.31. The van der Waals surface area contributed by atoms with E-state index in [9.17, 15) is 4.79 Å². The molecule has 0 unspecified atom stereocenters. The molecule has 1 aromatic carbocycles. The summed E-state index contributed by atoms with van der Waals surface area (Å²) >= 11 is 0. The molecule has 2 rings (SSSR count). The van der Waals surface area contributed by atoms with Crippen molar-refractivity contribution in [2.24, 2.45) is 11.7 Å². The third-order valence-corrected chi connectivity index (χ3v) is 4.31. The molecule has 1 aromatic rings. The fourth-order valence-electron chi connectivity index (χ4n) is 2.83. The highest BCUT2D eigenvalue weighted by atomic mass is 16.2. The monoisotopic (exact) mass is 260 g/mol. The minimum atomic E-state index is -0.537. The molecular formula is C16H24N2O. The highest BCUT2D eigenvalue weighted by molar-refractivity contribution is 5.83. The summed E-state index contributed by atoms with van der Waals surface area (Å²) in [6, 6.07) is 9.44. The maximum atomic E-state index is 12.4. The van der Waals surface area contributed by atoms with Gasteiger partial charge in [0, 0.05) is 13.1 Å². The van der Waals surface area contributed by atoms with Crippen LogP contribution >= 0.6 is 0 Å². The smallest absolute Gasteiger partial charge is 0.244 e. The molecule has 0 aromatic heterocycles. The van der Waals surface area contributed by atoms with E-state index in [4.69, 9.17) is 5.73 Å². The average Bonchev–Trinajstić information content (AvgIpc) is 2.46. The van der Waals surface area contributed by atoms with Gasteiger partial charge in [-0.2, -0.15) is 0 Å². The molecule has 19 heavy (non-hydrogen) atoms. The summed E-state index contributed by atoms with van der Waals surface area (Å²) in [5.41, 5.74) is 6.97. The molecule has 0 saturated heterocycles. The first-order valence-electron chi connectivity index (χ1n) is 7.16. The van der Waals surface area contributed by atoms with E-state index in [2.05, 4.69) is 6.92 Å². The number of hydrogen-bond acceptors (Lipinski definition) is 2. The van der Waals surface area contributed by atoms with Crippen molar-refractivity contribution < 1.29 is 4.79 Å². The standard InChI is InChI=1S/C16H24N2O/c1-12-8-10-14(11-9-12)18(2)16(19)15(17)13-6-4-3-5-7-13/h3-7,12,14-15H,8-11,17H2,1-2H3/t12?,14?,15-/m0/s1. The van der Waals surface area contributed by atoms with Gasteiger partial charge in [0.15, 0.2) is 0 Å². The molecule has 3 nitrogen and oxygen atoms in total. The van der Waals surface area contributed by atoms with E-state index in [1.54, 1.807) is 0 Å². The van der Waals surface area contributed by atoms with Crippen LogP contribution < -0.4 is 5.73 Å². The van der Waals surface area contributed by atoms with Crippen LogP contribution in [0.25, 0.3) is 0 Å². The molecule has 1 fully saturated rings. The number of benzene rings is 1. The van der Waals surface area contributed by atoms with Crippen LogP contribution in [0.5, 0.6) is 0 Å². The minimum Gasteiger partial charge on any atom is -0.341 e. The second-order valence-corrected chi connectivity index (χ2v) is 5.75. The van der Waals surface area contributed by atoms with E-state index >= 15 is 0 Å². The largest absolute Gasteiger partial charge is 0.341 e. The minimum absolute atomic E-state index is 0.0331. The topological polar surface area (TPSA) is 46.3 Å². The zero-order valence-corrected chi connectivity index (χ0v) is 11.9. The Morgan fingerprint density at radius 3 is 2.37 bits per heavy atom. The van der Waals surface area contributed by atoms with Crippen molar-refractivity contribution in [3.05, 3.63) is 35.9 Å². The molecule has 0 radical (unpaired) electrons. The predicted octanol–water partition coefficient (Wildman–Crippen LogP) is 2.72. The Kier molecular flexibility index (Phi) is 4.59. The Labute approximate surface area is 115 Å². The first-order valence-corrected chi connectivity index (χ1v) is 7.16. The van der Waals surface area contributed by atoms with Gasteiger partial charge in [0.1, 0.15) is 6.04 Å². The number of rotatable bonds is 3. The van der Waals surface area contributed by atoms with Crippen molar-refractivity contribution >= 4 is 5.91 Å². The first kappa shape index (κ1) is 14.1. The first-order chi connectivity index (χ1) is 9.09. The van der Waals surface area contributed by atoms with Gasteiger partial charge in [0.25, 0.3) is 0 Å². The number of hydrogen-bond donors (Lipinski definition) is 1. The second kappa shape index (κ2) is 6.20. The van der Waals surface area contributed by atoms with Crippen LogP contribution in [-0.4, -0.2) is 23.9 Å². The normalized spacial score (nSPS) is 24.8. The number of likely N-dealkylation sites (N-methyl/N-ethyl adjacent to an activating group) is 1. The molecule has 0 aliphatic heterocycles. The van der Waals surface area contributed by atoms with Crippen LogP contribution in [0.4, 0.5) is 0 Å². The van der Waals surface area contributed by atoms with Crippen LogP contribution in [-0.2, 0) is 4.79 Å². The maximum Gasteiger partial charge on any atom is 0.244 e. The van der Waals surface area contributed by atoms with Gasteiger partial charge < -0.3 is 10.6 Å². The summed E-state index contributed by atoms with van der Waals surface area (Å²) in [5.74, 6) is 0.827. The number of amides is 1. The van der Waals surface area contributed by atoms with Gasteiger partial charge in [-0.25, -0.2) is 0 Å². The molecule has 104 valence electrons. The maximum absolute atomic E-state index is 12.4. The lowest BCUT2D eigenvalue weighted by Gasteiger charge is -2.35. The molecule has 1 aliphatic rings. The van der Waals surface area contributed by atoms with Crippen molar-refractivity contribution in [3.8, 4) is 0 Å². The molecule has 1 atom stereocenters. The van der Waals surface area contributed by atoms with E-state index in [-0.39, 0.29) is 5.91 Å². The zero-order valence-electron chi connectivity index (χ0n) is 11.9. The lowest BCUT2D eigenvalue weighted by atomic mass is 9.86. The molecule has 1 saturated carbocycles. The van der Waals surface area contributed by atoms with Gasteiger partial charge in [-0.1, -0.05) is 37.3 Å². The molecule has 2 N–H and O–H groups in total. The Balaban J connectivity index is 1.99. The average molecular weight is 260 g/mol. The quantitative estimate of drug-likeness (QED) is 0.908. The SMILES string of the molecule is CC1CCC(N(C)C(=O)[C@@H](N)c2ccccc2)CC1. The Bertz CT molecular complexity index is 410. The summed E-state index contributed by atoms with van der Waals surface area (Å²) in [5, 5.41) is 0. The fourth-order valence-corrected chi connectivity index (χ4v) is 2.83. The molecule has 1 aliphatic carbocycles. The highest BCUT2D eigenvalue weighted by Gasteiger charge is 2.28. The third kappa shape index (κ3) is 3.35. The van der Waals surface area contributed by atoms with Crippen molar-refractivity contribution in [2.45, 2.75) is 44.7 Å². The van der Waals surface area contributed by atoms with Gasteiger partial charge in [-0.05, 0) is 37.2 Å². The molecule has 0 spiro atoms. The van der Waals surface area contributed by atoms with Gasteiger partial charge >= 0.3 is 0 Å². The second-order valence-electron chi connectivity index (χ2n) is 5.75. The highest BCUT2D eigenvalue weighted by Crippen LogP contribution is 2.27. The summed E-state index contributed by atoms with van der Waals surface area (Å²) in [6.07, 6.45) is 4.63. The lowest BCUT2D eigenvalue weighted by Crippen LogP contribution is -2.43. The van der Waals surface area contributed by atoms with E-state index in [1.807, 2.05) is 42.3 Å². The molecule has 0 heterocycles. The van der Waals surface area contributed by atoms with Gasteiger partial charge in [0.2, 0.25) is 5.91 Å². The van der Waals surface area contributed by atoms with E-state index in [1.165, 1.54) is 12.8 Å². The zero-order chi connectivity index (χ0) is 13.8. The van der Waals surface area contributed by atoms with Crippen molar-refractivity contribution in [1.29, 1.82) is 0 Å².